The van der Waals surface area contributed by atoms with Gasteiger partial charge in [-0.05, 0) is 31.4 Å². The van der Waals surface area contributed by atoms with E-state index >= 15 is 0 Å². The number of anilines is 1. The summed E-state index contributed by atoms with van der Waals surface area (Å²) < 4.78 is 0. The lowest BCUT2D eigenvalue weighted by molar-refractivity contribution is -0.124. The first-order valence-electron chi connectivity index (χ1n) is 7.68. The molecule has 4 rings (SSSR count). The van der Waals surface area contributed by atoms with E-state index < -0.39 is 11.6 Å². The zero-order valence-electron chi connectivity index (χ0n) is 12.8. The Kier molecular flexibility index (Phi) is 2.97. The second kappa shape index (κ2) is 4.91. The van der Waals surface area contributed by atoms with E-state index in [9.17, 15) is 9.59 Å². The summed E-state index contributed by atoms with van der Waals surface area (Å²) in [5, 5.41) is 6.14. The number of urea groups is 1. The fraction of sp³-hybridized carbons (Fsp3) is 0.375. The Labute approximate surface area is 133 Å². The van der Waals surface area contributed by atoms with E-state index in [-0.39, 0.29) is 5.91 Å². The van der Waals surface area contributed by atoms with Gasteiger partial charge in [-0.25, -0.2) is 14.8 Å². The molecule has 118 valence electrons. The topological polar surface area (TPSA) is 87.2 Å². The summed E-state index contributed by atoms with van der Waals surface area (Å²) in [5.41, 5.74) is 1.13. The number of nitrogens with zero attached hydrogens (tertiary/aromatic N) is 3. The van der Waals surface area contributed by atoms with Crippen molar-refractivity contribution in [1.29, 1.82) is 0 Å². The number of hydrogen-bond donors (Lipinski definition) is 2. The molecule has 2 fully saturated rings. The maximum Gasteiger partial charge on any atom is 0.322 e. The van der Waals surface area contributed by atoms with Gasteiger partial charge >= 0.3 is 6.03 Å². The lowest BCUT2D eigenvalue weighted by atomic mass is 9.89. The highest BCUT2D eigenvalue weighted by Crippen LogP contribution is 2.32. The Balaban J connectivity index is 1.77. The number of carbonyl (C=O) groups excluding carboxylic acids is 2. The van der Waals surface area contributed by atoms with E-state index in [0.717, 1.165) is 35.2 Å². The minimum absolute atomic E-state index is 0.248. The van der Waals surface area contributed by atoms with Crippen LogP contribution in [0.4, 0.5) is 10.6 Å². The Bertz CT molecular complexity index is 816. The number of aromatic nitrogens is 2. The molecule has 1 spiro atoms. The Hall–Kier alpha value is -2.70. The molecule has 2 aromatic rings. The van der Waals surface area contributed by atoms with Crippen molar-refractivity contribution in [3.8, 4) is 0 Å². The van der Waals surface area contributed by atoms with Crippen LogP contribution in [-0.4, -0.2) is 40.5 Å². The van der Waals surface area contributed by atoms with Crippen LogP contribution < -0.4 is 15.5 Å². The molecule has 0 bridgehead atoms. The molecule has 1 aromatic carbocycles. The van der Waals surface area contributed by atoms with Crippen molar-refractivity contribution in [2.24, 2.45) is 0 Å². The first-order chi connectivity index (χ1) is 11.1. The van der Waals surface area contributed by atoms with Crippen LogP contribution in [0.5, 0.6) is 0 Å². The Morgan fingerprint density at radius 1 is 1.26 bits per heavy atom. The molecule has 3 heterocycles. The number of carbonyl (C=O) groups is 2. The third-order valence-electron chi connectivity index (χ3n) is 4.66. The Morgan fingerprint density at radius 2 is 2.13 bits per heavy atom. The highest BCUT2D eigenvalue weighted by Gasteiger charge is 2.49. The predicted octanol–water partition coefficient (Wildman–Crippen LogP) is 1.12. The number of amides is 3. The number of piperidine rings is 1. The first kappa shape index (κ1) is 13.9. The van der Waals surface area contributed by atoms with Crippen LogP contribution in [0.2, 0.25) is 0 Å². The van der Waals surface area contributed by atoms with Crippen molar-refractivity contribution in [1.82, 2.24) is 20.6 Å². The third kappa shape index (κ3) is 2.11. The summed E-state index contributed by atoms with van der Waals surface area (Å²) in [7, 11) is 0. The molecule has 2 aliphatic rings. The molecule has 1 aromatic heterocycles. The normalized spacial score (nSPS) is 24.1. The van der Waals surface area contributed by atoms with Gasteiger partial charge in [0.2, 0.25) is 0 Å². The second-order valence-corrected chi connectivity index (χ2v) is 6.18. The smallest absolute Gasteiger partial charge is 0.322 e. The van der Waals surface area contributed by atoms with Crippen LogP contribution in [-0.2, 0) is 4.79 Å². The van der Waals surface area contributed by atoms with E-state index in [1.807, 2.05) is 25.1 Å². The number of hydrogen-bond acceptors (Lipinski definition) is 5. The molecule has 1 atom stereocenters. The number of nitrogens with one attached hydrogen (secondary N) is 2. The molecule has 0 saturated carbocycles. The molecule has 0 aliphatic carbocycles. The summed E-state index contributed by atoms with van der Waals surface area (Å²) in [6.07, 6.45) is 3.00. The molecule has 7 heteroatoms. The molecule has 2 saturated heterocycles. The maximum absolute atomic E-state index is 12.2. The van der Waals surface area contributed by atoms with Crippen molar-refractivity contribution < 1.29 is 9.59 Å². The molecule has 2 aliphatic heterocycles. The van der Waals surface area contributed by atoms with Gasteiger partial charge < -0.3 is 10.2 Å². The lowest BCUT2D eigenvalue weighted by Crippen LogP contribution is -2.58. The number of benzene rings is 1. The summed E-state index contributed by atoms with van der Waals surface area (Å²) in [6.45, 7) is 3.25. The van der Waals surface area contributed by atoms with E-state index in [0.29, 0.717) is 13.0 Å². The average molecular weight is 311 g/mol. The Morgan fingerprint density at radius 3 is 2.91 bits per heavy atom. The van der Waals surface area contributed by atoms with Crippen LogP contribution >= 0.6 is 0 Å². The quantitative estimate of drug-likeness (QED) is 0.771. The minimum atomic E-state index is -0.852. The fourth-order valence-corrected chi connectivity index (χ4v) is 3.55. The predicted molar refractivity (Wildman–Crippen MR) is 85.1 cm³/mol. The summed E-state index contributed by atoms with van der Waals surface area (Å²) >= 11 is 0. The van der Waals surface area contributed by atoms with Gasteiger partial charge in [-0.3, -0.25) is 10.1 Å². The van der Waals surface area contributed by atoms with Gasteiger partial charge in [-0.15, -0.1) is 0 Å². The number of imide groups is 1. The molecule has 3 amide bonds. The van der Waals surface area contributed by atoms with Gasteiger partial charge in [0.25, 0.3) is 5.91 Å². The lowest BCUT2D eigenvalue weighted by Gasteiger charge is -2.39. The summed E-state index contributed by atoms with van der Waals surface area (Å²) in [4.78, 5) is 34.6. The number of rotatable bonds is 1. The van der Waals surface area contributed by atoms with Crippen LogP contribution in [0.25, 0.3) is 10.9 Å². The van der Waals surface area contributed by atoms with E-state index in [4.69, 9.17) is 0 Å². The molecule has 2 N–H and O–H groups in total. The van der Waals surface area contributed by atoms with Gasteiger partial charge in [-0.2, -0.15) is 0 Å². The van der Waals surface area contributed by atoms with Crippen molar-refractivity contribution in [3.05, 3.63) is 30.1 Å². The monoisotopic (exact) mass is 311 g/mol. The van der Waals surface area contributed by atoms with Crippen molar-refractivity contribution in [3.63, 3.8) is 0 Å². The highest BCUT2D eigenvalue weighted by molar-refractivity contribution is 6.07. The number of fused-ring (bicyclic) bond motifs is 1. The molecule has 7 nitrogen and oxygen atoms in total. The highest BCUT2D eigenvalue weighted by atomic mass is 16.2. The maximum atomic E-state index is 12.2. The van der Waals surface area contributed by atoms with Gasteiger partial charge in [-0.1, -0.05) is 12.1 Å². The second-order valence-electron chi connectivity index (χ2n) is 6.18. The molecule has 23 heavy (non-hydrogen) atoms. The van der Waals surface area contributed by atoms with Crippen LogP contribution in [0.1, 0.15) is 18.4 Å². The zero-order chi connectivity index (χ0) is 16.0. The molecule has 0 radical (unpaired) electrons. The van der Waals surface area contributed by atoms with Gasteiger partial charge in [0.05, 0.1) is 12.1 Å². The summed E-state index contributed by atoms with van der Waals surface area (Å²) in [5.74, 6) is 0.573. The van der Waals surface area contributed by atoms with E-state index in [1.54, 1.807) is 6.33 Å². The standard InChI is InChI=1S/C16H17N5O2/c1-10-4-2-5-11-12(10)13(18-9-17-11)21-7-3-6-16(8-21)14(22)19-15(23)20-16/h2,4-5,9H,3,6-8H2,1H3,(H2,19,20,22,23). The molecular weight excluding hydrogens is 294 g/mol. The van der Waals surface area contributed by atoms with Gasteiger partial charge in [0, 0.05) is 11.9 Å². The number of aryl methyl sites for hydroxylation is 1. The fourth-order valence-electron chi connectivity index (χ4n) is 3.55. The zero-order valence-corrected chi connectivity index (χ0v) is 12.8. The first-order valence-corrected chi connectivity index (χ1v) is 7.68. The van der Waals surface area contributed by atoms with E-state index in [2.05, 4.69) is 25.5 Å². The SMILES string of the molecule is Cc1cccc2ncnc(N3CCCC4(C3)NC(=O)NC4=O)c12. The van der Waals surface area contributed by atoms with Crippen molar-refractivity contribution in [2.45, 2.75) is 25.3 Å². The van der Waals surface area contributed by atoms with E-state index in [1.165, 1.54) is 0 Å². The third-order valence-corrected chi connectivity index (χ3v) is 4.66. The molecule has 1 unspecified atom stereocenters. The van der Waals surface area contributed by atoms with Crippen molar-refractivity contribution >= 4 is 28.7 Å². The largest absolute Gasteiger partial charge is 0.353 e. The van der Waals surface area contributed by atoms with Crippen LogP contribution in [0, 0.1) is 6.92 Å². The summed E-state index contributed by atoms with van der Waals surface area (Å²) in [6, 6.07) is 5.54. The molecular formula is C16H17N5O2. The van der Waals surface area contributed by atoms with Gasteiger partial charge in [0.15, 0.2) is 0 Å². The van der Waals surface area contributed by atoms with Gasteiger partial charge in [0.1, 0.15) is 17.7 Å². The van der Waals surface area contributed by atoms with Crippen LogP contribution in [0.15, 0.2) is 24.5 Å². The van der Waals surface area contributed by atoms with Crippen LogP contribution in [0.3, 0.4) is 0 Å². The minimum Gasteiger partial charge on any atom is -0.353 e. The van der Waals surface area contributed by atoms with Crippen molar-refractivity contribution in [2.75, 3.05) is 18.0 Å². The average Bonchev–Trinajstić information content (AvgIpc) is 2.80.